The molecule has 0 spiro atoms. The molecule has 4 nitrogen and oxygen atoms in total. The molecule has 4 heteroatoms. The van der Waals surface area contributed by atoms with Crippen molar-refractivity contribution < 1.29 is 4.79 Å². The molecule has 1 amide bonds. The van der Waals surface area contributed by atoms with Crippen LogP contribution in [0.25, 0.3) is 10.9 Å². The van der Waals surface area contributed by atoms with Crippen molar-refractivity contribution in [3.8, 4) is 0 Å². The summed E-state index contributed by atoms with van der Waals surface area (Å²) in [5, 5.41) is 7.33. The second-order valence-corrected chi connectivity index (χ2v) is 5.09. The van der Waals surface area contributed by atoms with Crippen LogP contribution in [-0.2, 0) is 0 Å². The number of carbonyl (C=O) groups excluding carboxylic acids is 1. The monoisotopic (exact) mass is 269 g/mol. The van der Waals surface area contributed by atoms with Crippen LogP contribution in [0.1, 0.15) is 23.3 Å². The number of H-pyrrole nitrogens is 1. The molecule has 0 bridgehead atoms. The summed E-state index contributed by atoms with van der Waals surface area (Å²) in [6, 6.07) is 9.81. The number of para-hydroxylation sites is 1. The maximum absolute atomic E-state index is 12.1. The lowest BCUT2D eigenvalue weighted by Gasteiger charge is -2.13. The molecule has 0 saturated carbocycles. The Balaban J connectivity index is 1.57. The topological polar surface area (TPSA) is 56.9 Å². The van der Waals surface area contributed by atoms with Crippen molar-refractivity contribution in [2.75, 3.05) is 19.6 Å². The Morgan fingerprint density at radius 3 is 3.00 bits per heavy atom. The molecule has 2 aromatic rings. The van der Waals surface area contributed by atoms with Crippen molar-refractivity contribution in [3.63, 3.8) is 0 Å². The van der Waals surface area contributed by atoms with Crippen LogP contribution in [0, 0.1) is 0 Å². The van der Waals surface area contributed by atoms with Crippen LogP contribution in [0.15, 0.2) is 42.0 Å². The molecular formula is C16H19N3O. The largest absolute Gasteiger partial charge is 0.351 e. The van der Waals surface area contributed by atoms with Gasteiger partial charge in [-0.3, -0.25) is 4.79 Å². The molecule has 20 heavy (non-hydrogen) atoms. The predicted molar refractivity (Wildman–Crippen MR) is 80.8 cm³/mol. The molecule has 104 valence electrons. The number of rotatable bonds is 4. The van der Waals surface area contributed by atoms with Gasteiger partial charge in [0, 0.05) is 24.0 Å². The molecule has 1 aromatic carbocycles. The van der Waals surface area contributed by atoms with E-state index in [4.69, 9.17) is 0 Å². The SMILES string of the molecule is O=C(NCCC1=CCNCC1)c1cc2ccccc2[nH]1. The van der Waals surface area contributed by atoms with E-state index in [9.17, 15) is 4.79 Å². The fourth-order valence-corrected chi connectivity index (χ4v) is 2.52. The highest BCUT2D eigenvalue weighted by atomic mass is 16.1. The summed E-state index contributed by atoms with van der Waals surface area (Å²) in [5.74, 6) is -0.0317. The standard InChI is InChI=1S/C16H19N3O/c20-16(18-10-7-12-5-8-17-9-6-12)15-11-13-3-1-2-4-14(13)19-15/h1-5,11,17,19H,6-10H2,(H,18,20). The van der Waals surface area contributed by atoms with E-state index in [-0.39, 0.29) is 5.91 Å². The highest BCUT2D eigenvalue weighted by Crippen LogP contribution is 2.14. The Morgan fingerprint density at radius 2 is 2.20 bits per heavy atom. The van der Waals surface area contributed by atoms with Crippen molar-refractivity contribution in [2.45, 2.75) is 12.8 Å². The molecule has 0 saturated heterocycles. The van der Waals surface area contributed by atoms with Crippen LogP contribution in [0.4, 0.5) is 0 Å². The van der Waals surface area contributed by atoms with E-state index >= 15 is 0 Å². The molecule has 1 aliphatic heterocycles. The Hall–Kier alpha value is -2.07. The van der Waals surface area contributed by atoms with Crippen molar-refractivity contribution in [1.82, 2.24) is 15.6 Å². The van der Waals surface area contributed by atoms with Crippen LogP contribution in [0.3, 0.4) is 0 Å². The molecule has 0 unspecified atom stereocenters. The van der Waals surface area contributed by atoms with Crippen LogP contribution in [0.5, 0.6) is 0 Å². The number of amides is 1. The Bertz CT molecular complexity index is 609. The zero-order chi connectivity index (χ0) is 13.8. The van der Waals surface area contributed by atoms with Gasteiger partial charge >= 0.3 is 0 Å². The molecular weight excluding hydrogens is 250 g/mol. The first-order valence-corrected chi connectivity index (χ1v) is 7.07. The Morgan fingerprint density at radius 1 is 1.30 bits per heavy atom. The van der Waals surface area contributed by atoms with Crippen LogP contribution < -0.4 is 10.6 Å². The molecule has 0 atom stereocenters. The smallest absolute Gasteiger partial charge is 0.267 e. The maximum Gasteiger partial charge on any atom is 0.267 e. The number of fused-ring (bicyclic) bond motifs is 1. The third-order valence-corrected chi connectivity index (χ3v) is 3.66. The van der Waals surface area contributed by atoms with Gasteiger partial charge in [-0.05, 0) is 31.5 Å². The number of aromatic amines is 1. The van der Waals surface area contributed by atoms with E-state index < -0.39 is 0 Å². The number of hydrogen-bond acceptors (Lipinski definition) is 2. The minimum atomic E-state index is -0.0317. The number of hydrogen-bond donors (Lipinski definition) is 3. The van der Waals surface area contributed by atoms with Crippen molar-refractivity contribution in [2.24, 2.45) is 0 Å². The van der Waals surface area contributed by atoms with E-state index in [0.29, 0.717) is 12.2 Å². The molecule has 0 fully saturated rings. The van der Waals surface area contributed by atoms with Gasteiger partial charge in [0.25, 0.3) is 5.91 Å². The number of nitrogens with one attached hydrogen (secondary N) is 3. The lowest BCUT2D eigenvalue weighted by Crippen LogP contribution is -2.26. The van der Waals surface area contributed by atoms with E-state index in [1.54, 1.807) is 0 Å². The summed E-state index contributed by atoms with van der Waals surface area (Å²) in [7, 11) is 0. The second-order valence-electron chi connectivity index (χ2n) is 5.09. The predicted octanol–water partition coefficient (Wildman–Crippen LogP) is 2.21. The average Bonchev–Trinajstić information content (AvgIpc) is 2.92. The summed E-state index contributed by atoms with van der Waals surface area (Å²) in [5.41, 5.74) is 3.06. The fraction of sp³-hybridized carbons (Fsp3) is 0.312. The Labute approximate surface area is 118 Å². The third-order valence-electron chi connectivity index (χ3n) is 3.66. The lowest BCUT2D eigenvalue weighted by atomic mass is 10.1. The van der Waals surface area contributed by atoms with Crippen molar-refractivity contribution in [3.05, 3.63) is 47.7 Å². The fourth-order valence-electron chi connectivity index (χ4n) is 2.52. The minimum absolute atomic E-state index is 0.0317. The first-order valence-electron chi connectivity index (χ1n) is 7.07. The normalized spacial score (nSPS) is 15.1. The summed E-state index contributed by atoms with van der Waals surface area (Å²) in [4.78, 5) is 15.2. The van der Waals surface area contributed by atoms with Gasteiger partial charge in [-0.25, -0.2) is 0 Å². The van der Waals surface area contributed by atoms with Gasteiger partial charge in [-0.1, -0.05) is 29.8 Å². The molecule has 3 N–H and O–H groups in total. The highest BCUT2D eigenvalue weighted by molar-refractivity contribution is 5.97. The van der Waals surface area contributed by atoms with Gasteiger partial charge in [0.05, 0.1) is 0 Å². The van der Waals surface area contributed by atoms with Crippen molar-refractivity contribution >= 4 is 16.8 Å². The average molecular weight is 269 g/mol. The number of benzene rings is 1. The third kappa shape index (κ3) is 2.91. The molecule has 2 heterocycles. The van der Waals surface area contributed by atoms with E-state index in [0.717, 1.165) is 36.8 Å². The van der Waals surface area contributed by atoms with Crippen LogP contribution >= 0.6 is 0 Å². The van der Waals surface area contributed by atoms with Gasteiger partial charge in [-0.2, -0.15) is 0 Å². The quantitative estimate of drug-likeness (QED) is 0.745. The first kappa shape index (κ1) is 12.9. The molecule has 1 aromatic heterocycles. The second kappa shape index (κ2) is 5.92. The van der Waals surface area contributed by atoms with Gasteiger partial charge < -0.3 is 15.6 Å². The maximum atomic E-state index is 12.1. The zero-order valence-corrected chi connectivity index (χ0v) is 11.4. The minimum Gasteiger partial charge on any atom is -0.351 e. The number of aromatic nitrogens is 1. The number of carbonyl (C=O) groups is 1. The van der Waals surface area contributed by atoms with Crippen LogP contribution in [0.2, 0.25) is 0 Å². The van der Waals surface area contributed by atoms with E-state index in [1.807, 2.05) is 30.3 Å². The van der Waals surface area contributed by atoms with Crippen molar-refractivity contribution in [1.29, 1.82) is 0 Å². The van der Waals surface area contributed by atoms with E-state index in [2.05, 4.69) is 21.7 Å². The molecule has 0 radical (unpaired) electrons. The van der Waals surface area contributed by atoms with Gasteiger partial charge in [0.1, 0.15) is 5.69 Å². The summed E-state index contributed by atoms with van der Waals surface area (Å²) < 4.78 is 0. The first-order chi connectivity index (χ1) is 9.83. The molecule has 1 aliphatic rings. The summed E-state index contributed by atoms with van der Waals surface area (Å²) >= 11 is 0. The van der Waals surface area contributed by atoms with Gasteiger partial charge in [0.15, 0.2) is 0 Å². The van der Waals surface area contributed by atoms with Gasteiger partial charge in [0.2, 0.25) is 0 Å². The Kier molecular flexibility index (Phi) is 3.83. The zero-order valence-electron chi connectivity index (χ0n) is 11.4. The van der Waals surface area contributed by atoms with E-state index in [1.165, 1.54) is 5.57 Å². The van der Waals surface area contributed by atoms with Crippen LogP contribution in [-0.4, -0.2) is 30.5 Å². The summed E-state index contributed by atoms with van der Waals surface area (Å²) in [6.45, 7) is 2.69. The lowest BCUT2D eigenvalue weighted by molar-refractivity contribution is 0.0950. The molecule has 0 aliphatic carbocycles. The highest BCUT2D eigenvalue weighted by Gasteiger charge is 2.09. The molecule has 3 rings (SSSR count). The van der Waals surface area contributed by atoms with Gasteiger partial charge in [-0.15, -0.1) is 0 Å². The summed E-state index contributed by atoms with van der Waals surface area (Å²) in [6.07, 6.45) is 4.24.